The molecule has 1 aromatic heterocycles. The summed E-state index contributed by atoms with van der Waals surface area (Å²) in [4.78, 5) is 28.9. The second-order valence-electron chi connectivity index (χ2n) is 6.71. The quantitative estimate of drug-likeness (QED) is 0.480. The number of ether oxygens (including phenoxy) is 3. The lowest BCUT2D eigenvalue weighted by molar-refractivity contribution is -0.140. The molecule has 2 aromatic carbocycles. The lowest BCUT2D eigenvalue weighted by Crippen LogP contribution is -2.32. The molecule has 2 heterocycles. The summed E-state index contributed by atoms with van der Waals surface area (Å²) in [7, 11) is 1.50. The fourth-order valence-corrected chi connectivity index (χ4v) is 3.83. The van der Waals surface area contributed by atoms with E-state index in [2.05, 4.69) is 4.98 Å². The predicted octanol–water partition coefficient (Wildman–Crippen LogP) is 3.07. The maximum absolute atomic E-state index is 13.1. The van der Waals surface area contributed by atoms with Crippen LogP contribution in [0.4, 0.5) is 0 Å². The third-order valence-corrected chi connectivity index (χ3v) is 5.26. The first kappa shape index (κ1) is 20.0. The Hall–Kier alpha value is -3.29. The Balaban J connectivity index is 1.96. The fourth-order valence-electron chi connectivity index (χ4n) is 3.59. The lowest BCUT2D eigenvalue weighted by atomic mass is 9.83. The number of aromatic nitrogens is 1. The van der Waals surface area contributed by atoms with E-state index in [1.165, 1.54) is 7.11 Å². The third-order valence-electron chi connectivity index (χ3n) is 4.92. The number of para-hydroxylation sites is 1. The molecule has 0 bridgehead atoms. The molecule has 1 atom stereocenters. The van der Waals surface area contributed by atoms with Crippen LogP contribution in [0.3, 0.4) is 0 Å². The van der Waals surface area contributed by atoms with Crippen LogP contribution in [-0.4, -0.2) is 31.3 Å². The molecule has 7 nitrogen and oxygen atoms in total. The number of carbonyl (C=O) groups is 1. The number of carbonyl (C=O) groups excluding carboxylic acids is 1. The molecule has 1 aliphatic heterocycles. The number of pyridine rings is 1. The van der Waals surface area contributed by atoms with Gasteiger partial charge in [-0.2, -0.15) is 0 Å². The molecule has 0 amide bonds. The predicted molar refractivity (Wildman–Crippen MR) is 113 cm³/mol. The summed E-state index contributed by atoms with van der Waals surface area (Å²) >= 11 is 6.45. The van der Waals surface area contributed by atoms with Gasteiger partial charge < -0.3 is 24.9 Å². The number of fused-ring (bicyclic) bond motifs is 3. The van der Waals surface area contributed by atoms with Crippen molar-refractivity contribution in [1.82, 2.24) is 4.98 Å². The highest BCUT2D eigenvalue weighted by atomic mass is 35.5. The summed E-state index contributed by atoms with van der Waals surface area (Å²) in [6.07, 6.45) is 0. The first-order chi connectivity index (χ1) is 14.5. The number of methoxy groups -OCH3 is 1. The summed E-state index contributed by atoms with van der Waals surface area (Å²) in [5, 5.41) is 1.05. The number of nitrogens with one attached hydrogen (secondary N) is 1. The topological polar surface area (TPSA) is 104 Å². The molecule has 0 aliphatic carbocycles. The molecular weight excluding hydrogens is 408 g/mol. The van der Waals surface area contributed by atoms with Gasteiger partial charge in [-0.15, -0.1) is 0 Å². The average Bonchev–Trinajstić information content (AvgIpc) is 2.73. The van der Waals surface area contributed by atoms with Gasteiger partial charge in [0.25, 0.3) is 5.56 Å². The molecule has 0 saturated carbocycles. The van der Waals surface area contributed by atoms with Crippen molar-refractivity contribution in [2.24, 2.45) is 5.73 Å². The molecule has 3 N–H and O–H groups in total. The molecule has 4 rings (SSSR count). The monoisotopic (exact) mass is 426 g/mol. The Labute approximate surface area is 177 Å². The molecule has 1 aliphatic rings. The second kappa shape index (κ2) is 8.22. The zero-order valence-electron chi connectivity index (χ0n) is 16.1. The van der Waals surface area contributed by atoms with E-state index in [-0.39, 0.29) is 30.2 Å². The number of benzene rings is 2. The maximum atomic E-state index is 13.1. The van der Waals surface area contributed by atoms with Crippen molar-refractivity contribution < 1.29 is 19.0 Å². The molecule has 154 valence electrons. The summed E-state index contributed by atoms with van der Waals surface area (Å²) in [6, 6.07) is 14.2. The Morgan fingerprint density at radius 1 is 1.17 bits per heavy atom. The van der Waals surface area contributed by atoms with Gasteiger partial charge in [0.1, 0.15) is 17.9 Å². The number of halogens is 1. The minimum absolute atomic E-state index is 0.0208. The highest BCUT2D eigenvalue weighted by Crippen LogP contribution is 2.45. The Morgan fingerprint density at radius 3 is 2.67 bits per heavy atom. The van der Waals surface area contributed by atoms with Gasteiger partial charge >= 0.3 is 5.97 Å². The highest BCUT2D eigenvalue weighted by Gasteiger charge is 2.39. The van der Waals surface area contributed by atoms with Crippen molar-refractivity contribution in [3.8, 4) is 5.75 Å². The largest absolute Gasteiger partial charge is 0.460 e. The van der Waals surface area contributed by atoms with Gasteiger partial charge in [0, 0.05) is 17.5 Å². The van der Waals surface area contributed by atoms with Crippen LogP contribution in [0.25, 0.3) is 10.9 Å². The van der Waals surface area contributed by atoms with Gasteiger partial charge in [0.15, 0.2) is 0 Å². The van der Waals surface area contributed by atoms with Gasteiger partial charge in [-0.1, -0.05) is 41.9 Å². The average molecular weight is 427 g/mol. The number of rotatable bonds is 5. The van der Waals surface area contributed by atoms with Crippen LogP contribution >= 0.6 is 11.6 Å². The summed E-state index contributed by atoms with van der Waals surface area (Å²) in [6.45, 7) is 0.251. The number of nitrogens with two attached hydrogens (primary N) is 1. The number of H-pyrrole nitrogens is 1. The summed E-state index contributed by atoms with van der Waals surface area (Å²) in [5.74, 6) is -1.39. The van der Waals surface area contributed by atoms with Gasteiger partial charge in [-0.3, -0.25) is 4.79 Å². The van der Waals surface area contributed by atoms with Gasteiger partial charge in [-0.25, -0.2) is 4.79 Å². The van der Waals surface area contributed by atoms with Crippen LogP contribution in [0.2, 0.25) is 5.02 Å². The lowest BCUT2D eigenvalue weighted by Gasteiger charge is -2.29. The molecule has 0 unspecified atom stereocenters. The van der Waals surface area contributed by atoms with Crippen molar-refractivity contribution in [2.75, 3.05) is 20.3 Å². The molecule has 0 radical (unpaired) electrons. The fraction of sp³-hybridized carbons (Fsp3) is 0.182. The van der Waals surface area contributed by atoms with E-state index < -0.39 is 17.4 Å². The first-order valence-electron chi connectivity index (χ1n) is 9.25. The number of aromatic amines is 1. The zero-order valence-corrected chi connectivity index (χ0v) is 16.9. The summed E-state index contributed by atoms with van der Waals surface area (Å²) < 4.78 is 16.0. The standard InChI is InChI=1S/C22H19ClN2O5/c1-28-10-11-29-22(27)18-16(12-6-2-4-8-14(12)23)17-19(30-20(18)24)13-7-3-5-9-15(13)25-21(17)26/h2-9,16H,10-11,24H2,1H3,(H,25,26)/t16-/m0/s1. The van der Waals surface area contributed by atoms with E-state index in [0.717, 1.165) is 0 Å². The normalized spacial score (nSPS) is 15.6. The first-order valence-corrected chi connectivity index (χ1v) is 9.63. The molecule has 0 saturated heterocycles. The summed E-state index contributed by atoms with van der Waals surface area (Å²) in [5.41, 5.74) is 7.20. The van der Waals surface area contributed by atoms with Crippen molar-refractivity contribution in [1.29, 1.82) is 0 Å². The molecular formula is C22H19ClN2O5. The molecule has 3 aromatic rings. The third kappa shape index (κ3) is 3.42. The van der Waals surface area contributed by atoms with Gasteiger partial charge in [0.2, 0.25) is 5.88 Å². The Morgan fingerprint density at radius 2 is 1.90 bits per heavy atom. The molecule has 0 fully saturated rings. The Bertz CT molecular complexity index is 1220. The van der Waals surface area contributed by atoms with E-state index >= 15 is 0 Å². The highest BCUT2D eigenvalue weighted by molar-refractivity contribution is 6.31. The minimum Gasteiger partial charge on any atom is -0.460 e. The van der Waals surface area contributed by atoms with Crippen LogP contribution in [0, 0.1) is 0 Å². The maximum Gasteiger partial charge on any atom is 0.340 e. The molecule has 0 spiro atoms. The zero-order chi connectivity index (χ0) is 21.3. The number of hydrogen-bond donors (Lipinski definition) is 2. The molecule has 30 heavy (non-hydrogen) atoms. The van der Waals surface area contributed by atoms with Crippen molar-refractivity contribution >= 4 is 28.5 Å². The van der Waals surface area contributed by atoms with Crippen LogP contribution in [-0.2, 0) is 14.3 Å². The van der Waals surface area contributed by atoms with E-state index in [4.69, 9.17) is 31.5 Å². The van der Waals surface area contributed by atoms with Crippen LogP contribution in [0.15, 0.2) is 64.8 Å². The smallest absolute Gasteiger partial charge is 0.340 e. The number of hydrogen-bond acceptors (Lipinski definition) is 6. The molecule has 8 heteroatoms. The van der Waals surface area contributed by atoms with Crippen LogP contribution in [0.1, 0.15) is 17.0 Å². The van der Waals surface area contributed by atoms with Gasteiger partial charge in [0.05, 0.1) is 23.6 Å². The second-order valence-corrected chi connectivity index (χ2v) is 7.11. The van der Waals surface area contributed by atoms with Gasteiger partial charge in [-0.05, 0) is 23.8 Å². The minimum atomic E-state index is -0.856. The number of esters is 1. The van der Waals surface area contributed by atoms with Crippen molar-refractivity contribution in [2.45, 2.75) is 5.92 Å². The van der Waals surface area contributed by atoms with Crippen LogP contribution < -0.4 is 16.0 Å². The van der Waals surface area contributed by atoms with E-state index in [9.17, 15) is 9.59 Å². The van der Waals surface area contributed by atoms with Crippen LogP contribution in [0.5, 0.6) is 5.75 Å². The van der Waals surface area contributed by atoms with Crippen molar-refractivity contribution in [3.63, 3.8) is 0 Å². The SMILES string of the molecule is COCCOC(=O)C1=C(N)Oc2c(c(=O)[nH]c3ccccc23)[C@@H]1c1ccccc1Cl. The van der Waals surface area contributed by atoms with E-state index in [1.807, 2.05) is 12.1 Å². The van der Waals surface area contributed by atoms with E-state index in [1.54, 1.807) is 36.4 Å². The van der Waals surface area contributed by atoms with Crippen molar-refractivity contribution in [3.05, 3.63) is 86.5 Å². The van der Waals surface area contributed by atoms with E-state index in [0.29, 0.717) is 27.2 Å². The Kier molecular flexibility index (Phi) is 5.48.